The second kappa shape index (κ2) is 10.3. The van der Waals surface area contributed by atoms with Gasteiger partial charge in [-0.05, 0) is 63.5 Å². The molecule has 1 amide bonds. The van der Waals surface area contributed by atoms with E-state index in [9.17, 15) is 23.4 Å². The lowest BCUT2D eigenvalue weighted by Gasteiger charge is -2.58. The van der Waals surface area contributed by atoms with Crippen molar-refractivity contribution in [2.75, 3.05) is 24.4 Å². The summed E-state index contributed by atoms with van der Waals surface area (Å²) in [6.07, 6.45) is 1.41. The van der Waals surface area contributed by atoms with Crippen LogP contribution in [-0.4, -0.2) is 60.2 Å². The molecular formula is C27H39N3O5S2. The molecule has 1 fully saturated rings. The summed E-state index contributed by atoms with van der Waals surface area (Å²) >= 11 is 1.29. The number of benzene rings is 1. The van der Waals surface area contributed by atoms with Gasteiger partial charge in [-0.25, -0.2) is 13.4 Å². The van der Waals surface area contributed by atoms with Crippen LogP contribution in [0.3, 0.4) is 0 Å². The van der Waals surface area contributed by atoms with E-state index in [-0.39, 0.29) is 46.2 Å². The molecule has 0 unspecified atom stereocenters. The van der Waals surface area contributed by atoms with Gasteiger partial charge in [-0.1, -0.05) is 31.5 Å². The summed E-state index contributed by atoms with van der Waals surface area (Å²) in [4.78, 5) is 21.0. The fourth-order valence-corrected chi connectivity index (χ4v) is 8.76. The summed E-state index contributed by atoms with van der Waals surface area (Å²) < 4.78 is 28.8. The minimum absolute atomic E-state index is 0.0365. The number of amides is 1. The van der Waals surface area contributed by atoms with E-state index < -0.39 is 21.5 Å². The summed E-state index contributed by atoms with van der Waals surface area (Å²) in [6, 6.07) is 6.65. The Bertz CT molecular complexity index is 1240. The molecular weight excluding hydrogens is 510 g/mol. The van der Waals surface area contributed by atoms with Crippen LogP contribution >= 0.6 is 11.3 Å². The van der Waals surface area contributed by atoms with E-state index in [1.54, 1.807) is 24.3 Å². The number of carbonyl (C=O) groups is 1. The third-order valence-electron chi connectivity index (χ3n) is 8.94. The van der Waals surface area contributed by atoms with E-state index in [0.717, 1.165) is 16.1 Å². The van der Waals surface area contributed by atoms with Crippen LogP contribution in [0.5, 0.6) is 0 Å². The second-order valence-electron chi connectivity index (χ2n) is 11.0. The monoisotopic (exact) mass is 549 g/mol. The molecule has 0 radical (unpaired) electrons. The average molecular weight is 550 g/mol. The number of thiazole rings is 1. The van der Waals surface area contributed by atoms with Gasteiger partial charge >= 0.3 is 0 Å². The molecule has 0 saturated heterocycles. The van der Waals surface area contributed by atoms with Crippen LogP contribution in [0.15, 0.2) is 29.2 Å². The Balaban J connectivity index is 1.76. The Hall–Kier alpha value is -2.01. The van der Waals surface area contributed by atoms with Gasteiger partial charge in [0.15, 0.2) is 5.13 Å². The summed E-state index contributed by atoms with van der Waals surface area (Å²) in [5, 5.41) is 21.6. The van der Waals surface area contributed by atoms with E-state index in [4.69, 9.17) is 4.98 Å². The zero-order valence-corrected chi connectivity index (χ0v) is 24.0. The predicted octanol–water partition coefficient (Wildman–Crippen LogP) is 3.93. The van der Waals surface area contributed by atoms with Crippen LogP contribution in [0, 0.1) is 23.7 Å². The van der Waals surface area contributed by atoms with Gasteiger partial charge in [0.1, 0.15) is 0 Å². The maximum Gasteiger partial charge on any atom is 0.263 e. The number of aryl methyl sites for hydroxylation is 1. The minimum atomic E-state index is -3.83. The van der Waals surface area contributed by atoms with Crippen LogP contribution < -0.4 is 4.72 Å². The number of aromatic nitrogens is 1. The standard InChI is InChI=1S/C27H39N3O5S2/c1-6-30(7-2)23(33)14-19-24-20(15-21-26(19,4)13-12-22(32)27(21,5)16-31)36-25(28-24)29-37(34,35)18-10-8-17(3)9-11-18/h8-11,19,21-22,31-32H,6-7,12-16H2,1-5H3,(H,28,29)/t19-,21+,22-,26+,27+/m1/s1. The first-order valence-electron chi connectivity index (χ1n) is 13.0. The lowest BCUT2D eigenvalue weighted by Crippen LogP contribution is -2.57. The highest BCUT2D eigenvalue weighted by Gasteiger charge is 2.59. The quantitative estimate of drug-likeness (QED) is 0.459. The van der Waals surface area contributed by atoms with Crippen molar-refractivity contribution in [3.63, 3.8) is 0 Å². The van der Waals surface area contributed by atoms with E-state index in [0.29, 0.717) is 32.4 Å². The Kier molecular flexibility index (Phi) is 7.78. The zero-order valence-electron chi connectivity index (χ0n) is 22.3. The van der Waals surface area contributed by atoms with Crippen molar-refractivity contribution in [3.8, 4) is 0 Å². The van der Waals surface area contributed by atoms with Crippen molar-refractivity contribution < 1.29 is 23.4 Å². The summed E-state index contributed by atoms with van der Waals surface area (Å²) in [7, 11) is -3.83. The number of hydrogen-bond donors (Lipinski definition) is 3. The molecule has 1 aromatic heterocycles. The molecule has 0 bridgehead atoms. The van der Waals surface area contributed by atoms with Crippen molar-refractivity contribution in [1.29, 1.82) is 0 Å². The molecule has 4 rings (SSSR count). The Labute approximate surface area is 224 Å². The normalized spacial score (nSPS) is 29.3. The summed E-state index contributed by atoms with van der Waals surface area (Å²) in [5.41, 5.74) is 0.623. The van der Waals surface area contributed by atoms with E-state index >= 15 is 0 Å². The number of anilines is 1. The molecule has 8 nitrogen and oxygen atoms in total. The van der Waals surface area contributed by atoms with Gasteiger partial charge in [0.2, 0.25) is 5.91 Å². The molecule has 2 aliphatic carbocycles. The number of aliphatic hydroxyl groups excluding tert-OH is 2. The predicted molar refractivity (Wildman–Crippen MR) is 145 cm³/mol. The third kappa shape index (κ3) is 4.93. The molecule has 3 N–H and O–H groups in total. The van der Waals surface area contributed by atoms with Gasteiger partial charge < -0.3 is 15.1 Å². The molecule has 1 heterocycles. The fourth-order valence-electron chi connectivity index (χ4n) is 6.46. The van der Waals surface area contributed by atoms with Gasteiger partial charge in [0, 0.05) is 35.7 Å². The summed E-state index contributed by atoms with van der Waals surface area (Å²) in [5.74, 6) is -0.297. The molecule has 2 aromatic rings. The van der Waals surface area contributed by atoms with E-state index in [1.165, 1.54) is 11.3 Å². The number of sulfonamides is 1. The van der Waals surface area contributed by atoms with Crippen LogP contribution in [0.1, 0.15) is 69.0 Å². The maximum absolute atomic E-state index is 13.3. The Morgan fingerprint density at radius 2 is 1.86 bits per heavy atom. The van der Waals surface area contributed by atoms with Gasteiger partial charge in [0.05, 0.1) is 23.3 Å². The largest absolute Gasteiger partial charge is 0.396 e. The molecule has 0 aliphatic heterocycles. The lowest BCUT2D eigenvalue weighted by molar-refractivity contribution is -0.147. The highest BCUT2D eigenvalue weighted by atomic mass is 32.2. The highest BCUT2D eigenvalue weighted by molar-refractivity contribution is 7.93. The molecule has 1 aromatic carbocycles. The summed E-state index contributed by atoms with van der Waals surface area (Å²) in [6.45, 7) is 11.0. The topological polar surface area (TPSA) is 120 Å². The van der Waals surface area contributed by atoms with Crippen molar-refractivity contribution in [1.82, 2.24) is 9.88 Å². The Morgan fingerprint density at radius 1 is 1.22 bits per heavy atom. The van der Waals surface area contributed by atoms with Crippen molar-refractivity contribution in [2.45, 2.75) is 77.2 Å². The zero-order chi connectivity index (χ0) is 27.2. The molecule has 204 valence electrons. The van der Waals surface area contributed by atoms with Gasteiger partial charge in [-0.15, -0.1) is 11.3 Å². The molecule has 0 spiro atoms. The molecule has 5 atom stereocenters. The van der Waals surface area contributed by atoms with Crippen LogP contribution in [-0.2, 0) is 21.2 Å². The van der Waals surface area contributed by atoms with Crippen molar-refractivity contribution >= 4 is 32.4 Å². The molecule has 37 heavy (non-hydrogen) atoms. The Morgan fingerprint density at radius 3 is 2.46 bits per heavy atom. The third-order valence-corrected chi connectivity index (χ3v) is 11.4. The molecule has 10 heteroatoms. The first-order valence-corrected chi connectivity index (χ1v) is 15.3. The highest BCUT2D eigenvalue weighted by Crippen LogP contribution is 2.63. The number of nitrogens with one attached hydrogen (secondary N) is 1. The number of rotatable bonds is 8. The smallest absolute Gasteiger partial charge is 0.263 e. The first kappa shape index (κ1) is 28.0. The van der Waals surface area contributed by atoms with Gasteiger partial charge in [0.25, 0.3) is 10.0 Å². The van der Waals surface area contributed by atoms with E-state index in [1.807, 2.05) is 32.6 Å². The average Bonchev–Trinajstić information content (AvgIpc) is 3.25. The first-order chi connectivity index (χ1) is 17.4. The number of carbonyl (C=O) groups excluding carboxylic acids is 1. The fraction of sp³-hybridized carbons (Fsp3) is 0.630. The van der Waals surface area contributed by atoms with Crippen LogP contribution in [0.4, 0.5) is 5.13 Å². The number of hydrogen-bond acceptors (Lipinski definition) is 7. The second-order valence-corrected chi connectivity index (χ2v) is 13.8. The van der Waals surface area contributed by atoms with Crippen LogP contribution in [0.2, 0.25) is 0 Å². The SMILES string of the molecule is CCN(CC)C(=O)C[C@@H]1c2nc(NS(=O)(=O)c3ccc(C)cc3)sc2C[C@@H]2[C@](C)(CO)[C@H](O)CC[C@]21C. The van der Waals surface area contributed by atoms with Crippen molar-refractivity contribution in [3.05, 3.63) is 40.4 Å². The number of fused-ring (bicyclic) bond motifs is 2. The lowest BCUT2D eigenvalue weighted by atomic mass is 9.47. The molecule has 1 saturated carbocycles. The van der Waals surface area contributed by atoms with Crippen LogP contribution in [0.25, 0.3) is 0 Å². The van der Waals surface area contributed by atoms with E-state index in [2.05, 4.69) is 11.6 Å². The van der Waals surface area contributed by atoms with Crippen molar-refractivity contribution in [2.24, 2.45) is 16.7 Å². The maximum atomic E-state index is 13.3. The van der Waals surface area contributed by atoms with Gasteiger partial charge in [-0.3, -0.25) is 9.52 Å². The number of nitrogens with zero attached hydrogens (tertiary/aromatic N) is 2. The number of aliphatic hydroxyl groups is 2. The minimum Gasteiger partial charge on any atom is -0.396 e. The molecule has 2 aliphatic rings. The van der Waals surface area contributed by atoms with Gasteiger partial charge in [-0.2, -0.15) is 0 Å².